The van der Waals surface area contributed by atoms with Crippen LogP contribution in [-0.2, 0) is 19.6 Å². The zero-order valence-electron chi connectivity index (χ0n) is 12.0. The Morgan fingerprint density at radius 2 is 2.10 bits per heavy atom. The van der Waals surface area contributed by atoms with E-state index in [4.69, 9.17) is 10.2 Å². The van der Waals surface area contributed by atoms with E-state index in [9.17, 15) is 0 Å². The summed E-state index contributed by atoms with van der Waals surface area (Å²) in [7, 11) is 0. The van der Waals surface area contributed by atoms with Crippen LogP contribution in [0, 0.1) is 6.92 Å². The molecule has 106 valence electrons. The average molecular weight is 270 g/mol. The summed E-state index contributed by atoms with van der Waals surface area (Å²) in [4.78, 5) is 2.52. The molecule has 3 heteroatoms. The first kappa shape index (κ1) is 13.4. The Morgan fingerprint density at radius 1 is 1.25 bits per heavy atom. The molecule has 0 saturated heterocycles. The molecule has 20 heavy (non-hydrogen) atoms. The highest BCUT2D eigenvalue weighted by molar-refractivity contribution is 5.31. The van der Waals surface area contributed by atoms with E-state index >= 15 is 0 Å². The molecule has 2 N–H and O–H groups in total. The molecule has 0 amide bonds. The number of hydrogen-bond donors (Lipinski definition) is 1. The van der Waals surface area contributed by atoms with Gasteiger partial charge >= 0.3 is 0 Å². The number of nitrogens with two attached hydrogens (primary N) is 1. The van der Waals surface area contributed by atoms with E-state index in [-0.39, 0.29) is 0 Å². The molecule has 1 saturated carbocycles. The minimum Gasteiger partial charge on any atom is -0.468 e. The van der Waals surface area contributed by atoms with Gasteiger partial charge in [-0.05, 0) is 48.6 Å². The Hall–Kier alpha value is -1.58. The Kier molecular flexibility index (Phi) is 3.90. The summed E-state index contributed by atoms with van der Waals surface area (Å²) in [6.45, 7) is 4.67. The van der Waals surface area contributed by atoms with Crippen LogP contribution in [0.4, 0.5) is 0 Å². The Balaban J connectivity index is 1.73. The molecule has 1 aliphatic rings. The van der Waals surface area contributed by atoms with Crippen LogP contribution in [0.15, 0.2) is 41.0 Å². The van der Waals surface area contributed by atoms with Crippen molar-refractivity contribution in [2.75, 3.05) is 0 Å². The smallest absolute Gasteiger partial charge is 0.117 e. The molecule has 0 unspecified atom stereocenters. The molecule has 0 bridgehead atoms. The van der Waals surface area contributed by atoms with Crippen molar-refractivity contribution in [1.29, 1.82) is 0 Å². The Morgan fingerprint density at radius 3 is 2.70 bits per heavy atom. The van der Waals surface area contributed by atoms with Crippen LogP contribution in [0.25, 0.3) is 0 Å². The van der Waals surface area contributed by atoms with E-state index in [2.05, 4.69) is 36.1 Å². The molecule has 1 aromatic carbocycles. The first-order valence-electron chi connectivity index (χ1n) is 7.31. The molecule has 0 radical (unpaired) electrons. The fourth-order valence-corrected chi connectivity index (χ4v) is 2.64. The summed E-state index contributed by atoms with van der Waals surface area (Å²) in [5.74, 6) is 1.05. The first-order chi connectivity index (χ1) is 9.76. The van der Waals surface area contributed by atoms with Gasteiger partial charge in [0, 0.05) is 19.1 Å². The lowest BCUT2D eigenvalue weighted by Gasteiger charge is -2.22. The van der Waals surface area contributed by atoms with Crippen LogP contribution in [0.1, 0.15) is 35.3 Å². The Labute approximate surface area is 120 Å². The van der Waals surface area contributed by atoms with Gasteiger partial charge in [-0.1, -0.05) is 18.2 Å². The van der Waals surface area contributed by atoms with E-state index in [1.54, 1.807) is 6.26 Å². The van der Waals surface area contributed by atoms with Gasteiger partial charge in [-0.15, -0.1) is 0 Å². The van der Waals surface area contributed by atoms with Crippen molar-refractivity contribution < 1.29 is 4.42 Å². The second kappa shape index (κ2) is 5.81. The number of nitrogens with zero attached hydrogens (tertiary/aromatic N) is 1. The zero-order valence-corrected chi connectivity index (χ0v) is 12.0. The second-order valence-electron chi connectivity index (χ2n) is 5.68. The van der Waals surface area contributed by atoms with Gasteiger partial charge in [0.1, 0.15) is 5.76 Å². The quantitative estimate of drug-likeness (QED) is 0.876. The molecule has 1 heterocycles. The molecule has 3 rings (SSSR count). The van der Waals surface area contributed by atoms with Gasteiger partial charge in [-0.25, -0.2) is 0 Å². The molecule has 0 aliphatic heterocycles. The summed E-state index contributed by atoms with van der Waals surface area (Å²) in [5, 5.41) is 0. The van der Waals surface area contributed by atoms with Crippen LogP contribution in [-0.4, -0.2) is 10.9 Å². The zero-order chi connectivity index (χ0) is 13.9. The lowest BCUT2D eigenvalue weighted by molar-refractivity contribution is 0.225. The molecule has 0 atom stereocenters. The normalized spacial score (nSPS) is 14.9. The summed E-state index contributed by atoms with van der Waals surface area (Å²) in [5.41, 5.74) is 9.62. The fourth-order valence-electron chi connectivity index (χ4n) is 2.64. The lowest BCUT2D eigenvalue weighted by atomic mass is 10.0. The van der Waals surface area contributed by atoms with Gasteiger partial charge in [0.25, 0.3) is 0 Å². The highest BCUT2D eigenvalue weighted by Gasteiger charge is 2.29. The average Bonchev–Trinajstić information content (AvgIpc) is 3.18. The van der Waals surface area contributed by atoms with Crippen LogP contribution in [0.3, 0.4) is 0 Å². The highest BCUT2D eigenvalue weighted by Crippen LogP contribution is 2.30. The highest BCUT2D eigenvalue weighted by atomic mass is 16.3. The molecular weight excluding hydrogens is 248 g/mol. The third kappa shape index (κ3) is 3.11. The monoisotopic (exact) mass is 270 g/mol. The lowest BCUT2D eigenvalue weighted by Crippen LogP contribution is -2.25. The van der Waals surface area contributed by atoms with E-state index in [1.807, 2.05) is 6.07 Å². The van der Waals surface area contributed by atoms with Crippen molar-refractivity contribution in [2.45, 2.75) is 45.4 Å². The third-order valence-electron chi connectivity index (χ3n) is 4.02. The van der Waals surface area contributed by atoms with Crippen LogP contribution < -0.4 is 5.73 Å². The number of furan rings is 1. The maximum atomic E-state index is 5.70. The summed E-state index contributed by atoms with van der Waals surface area (Å²) >= 11 is 0. The topological polar surface area (TPSA) is 42.4 Å². The van der Waals surface area contributed by atoms with Crippen molar-refractivity contribution in [1.82, 2.24) is 4.90 Å². The molecule has 1 fully saturated rings. The standard InChI is InChI=1S/C17H22N2O/c1-13-9-14(10-18)4-5-15(13)11-19(16-6-7-16)12-17-3-2-8-20-17/h2-5,8-9,16H,6-7,10-12,18H2,1H3. The van der Waals surface area contributed by atoms with Crippen molar-refractivity contribution in [3.8, 4) is 0 Å². The molecular formula is C17H22N2O. The van der Waals surface area contributed by atoms with Crippen molar-refractivity contribution in [2.24, 2.45) is 5.73 Å². The van der Waals surface area contributed by atoms with Crippen molar-refractivity contribution in [3.63, 3.8) is 0 Å². The predicted octanol–water partition coefficient (Wildman–Crippen LogP) is 3.21. The molecule has 3 nitrogen and oxygen atoms in total. The van der Waals surface area contributed by atoms with Crippen LogP contribution in [0.5, 0.6) is 0 Å². The molecule has 2 aromatic rings. The van der Waals surface area contributed by atoms with Gasteiger partial charge in [0.2, 0.25) is 0 Å². The SMILES string of the molecule is Cc1cc(CN)ccc1CN(Cc1ccco1)C1CC1. The van der Waals surface area contributed by atoms with E-state index < -0.39 is 0 Å². The summed E-state index contributed by atoms with van der Waals surface area (Å²) < 4.78 is 5.49. The van der Waals surface area contributed by atoms with Gasteiger partial charge in [0.05, 0.1) is 12.8 Å². The number of aryl methyl sites for hydroxylation is 1. The summed E-state index contributed by atoms with van der Waals surface area (Å²) in [6.07, 6.45) is 4.36. The maximum Gasteiger partial charge on any atom is 0.117 e. The molecule has 0 spiro atoms. The van der Waals surface area contributed by atoms with Gasteiger partial charge in [-0.3, -0.25) is 4.90 Å². The van der Waals surface area contributed by atoms with Crippen molar-refractivity contribution in [3.05, 3.63) is 59.0 Å². The van der Waals surface area contributed by atoms with Crippen LogP contribution >= 0.6 is 0 Å². The minimum atomic E-state index is 0.611. The molecule has 1 aromatic heterocycles. The van der Waals surface area contributed by atoms with E-state index in [1.165, 1.54) is 29.5 Å². The van der Waals surface area contributed by atoms with Crippen LogP contribution in [0.2, 0.25) is 0 Å². The maximum absolute atomic E-state index is 5.70. The van der Waals surface area contributed by atoms with E-state index in [0.29, 0.717) is 12.6 Å². The number of benzene rings is 1. The third-order valence-corrected chi connectivity index (χ3v) is 4.02. The largest absolute Gasteiger partial charge is 0.468 e. The number of rotatable bonds is 6. The Bertz CT molecular complexity index is 558. The number of hydrogen-bond acceptors (Lipinski definition) is 3. The summed E-state index contributed by atoms with van der Waals surface area (Å²) in [6, 6.07) is 11.3. The first-order valence-corrected chi connectivity index (χ1v) is 7.31. The van der Waals surface area contributed by atoms with Crippen molar-refractivity contribution >= 4 is 0 Å². The van der Waals surface area contributed by atoms with Gasteiger partial charge in [0.15, 0.2) is 0 Å². The fraction of sp³-hybridized carbons (Fsp3) is 0.412. The molecule has 1 aliphatic carbocycles. The minimum absolute atomic E-state index is 0.611. The van der Waals surface area contributed by atoms with E-state index in [0.717, 1.165) is 18.8 Å². The second-order valence-corrected chi connectivity index (χ2v) is 5.68. The van der Waals surface area contributed by atoms with Gasteiger partial charge in [-0.2, -0.15) is 0 Å². The van der Waals surface area contributed by atoms with Gasteiger partial charge < -0.3 is 10.2 Å². The predicted molar refractivity (Wildman–Crippen MR) is 80.0 cm³/mol.